The largest absolute Gasteiger partial charge is 0.481 e. The first kappa shape index (κ1) is 14.8. The maximum absolute atomic E-state index is 12.1. The van der Waals surface area contributed by atoms with Crippen LogP contribution in [0.5, 0.6) is 0 Å². The molecule has 0 aliphatic heterocycles. The molecule has 23 heavy (non-hydrogen) atoms. The molecule has 1 heterocycles. The van der Waals surface area contributed by atoms with Crippen molar-refractivity contribution in [3.8, 4) is 0 Å². The molecule has 3 rings (SSSR count). The summed E-state index contributed by atoms with van der Waals surface area (Å²) in [5.74, 6) is -2.36. The third-order valence-corrected chi connectivity index (χ3v) is 3.89. The zero-order valence-corrected chi connectivity index (χ0v) is 12.1. The Morgan fingerprint density at radius 3 is 2.22 bits per heavy atom. The van der Waals surface area contributed by atoms with E-state index in [0.717, 1.165) is 5.39 Å². The van der Waals surface area contributed by atoms with Gasteiger partial charge in [0.15, 0.2) is 5.41 Å². The molecule has 116 valence electrons. The van der Waals surface area contributed by atoms with E-state index >= 15 is 0 Å². The second-order valence-corrected chi connectivity index (χ2v) is 5.30. The number of rotatable bonds is 5. The number of carboxylic acids is 2. The Labute approximate surface area is 131 Å². The van der Waals surface area contributed by atoms with E-state index < -0.39 is 23.8 Å². The van der Waals surface area contributed by atoms with Gasteiger partial charge >= 0.3 is 11.9 Å². The number of para-hydroxylation sites is 1. The molecule has 5 nitrogen and oxygen atoms in total. The highest BCUT2D eigenvalue weighted by atomic mass is 16.4. The predicted molar refractivity (Wildman–Crippen MR) is 83.3 cm³/mol. The normalized spacial score (nSPS) is 13.6. The van der Waals surface area contributed by atoms with E-state index in [-0.39, 0.29) is 5.76 Å². The topological polar surface area (TPSA) is 87.7 Å². The van der Waals surface area contributed by atoms with Crippen LogP contribution in [0.3, 0.4) is 0 Å². The van der Waals surface area contributed by atoms with Gasteiger partial charge in [-0.15, -0.1) is 0 Å². The summed E-state index contributed by atoms with van der Waals surface area (Å²) >= 11 is 0. The highest BCUT2D eigenvalue weighted by molar-refractivity contribution is 5.92. The predicted octanol–water partition coefficient (Wildman–Crippen LogP) is 3.28. The van der Waals surface area contributed by atoms with E-state index in [1.165, 1.54) is 0 Å². The lowest BCUT2D eigenvalue weighted by Crippen LogP contribution is -2.39. The Balaban J connectivity index is 2.29. The number of hydrogen-bond acceptors (Lipinski definition) is 3. The van der Waals surface area contributed by atoms with E-state index in [1.807, 2.05) is 6.07 Å². The van der Waals surface area contributed by atoms with Gasteiger partial charge < -0.3 is 14.6 Å². The van der Waals surface area contributed by atoms with E-state index in [0.29, 0.717) is 11.1 Å². The van der Waals surface area contributed by atoms with Crippen molar-refractivity contribution in [3.05, 3.63) is 72.0 Å². The summed E-state index contributed by atoms with van der Waals surface area (Å²) in [6.07, 6.45) is -0.605. The molecular weight excluding hydrogens is 296 g/mol. The molecular formula is C18H14O5. The average Bonchev–Trinajstić information content (AvgIpc) is 2.97. The molecule has 3 aromatic rings. The number of carboxylic acid groups (broad SMARTS) is 2. The lowest BCUT2D eigenvalue weighted by Gasteiger charge is -2.26. The van der Waals surface area contributed by atoms with Crippen molar-refractivity contribution in [2.45, 2.75) is 11.8 Å². The summed E-state index contributed by atoms with van der Waals surface area (Å²) in [5.41, 5.74) is -0.880. The zero-order valence-electron chi connectivity index (χ0n) is 12.1. The van der Waals surface area contributed by atoms with Crippen molar-refractivity contribution in [1.82, 2.24) is 0 Å². The Bertz CT molecular complexity index is 832. The van der Waals surface area contributed by atoms with Crippen LogP contribution in [0.2, 0.25) is 0 Å². The molecule has 0 saturated carbocycles. The van der Waals surface area contributed by atoms with Gasteiger partial charge in [-0.05, 0) is 17.7 Å². The maximum atomic E-state index is 12.1. The second kappa shape index (κ2) is 5.61. The number of hydrogen-bond donors (Lipinski definition) is 2. The van der Waals surface area contributed by atoms with Crippen LogP contribution in [0, 0.1) is 0 Å². The van der Waals surface area contributed by atoms with Gasteiger partial charge in [0, 0.05) is 5.39 Å². The van der Waals surface area contributed by atoms with Crippen LogP contribution < -0.4 is 0 Å². The molecule has 5 heteroatoms. The molecule has 0 aliphatic rings. The van der Waals surface area contributed by atoms with Gasteiger partial charge in [-0.1, -0.05) is 48.5 Å². The van der Waals surface area contributed by atoms with Crippen LogP contribution in [-0.4, -0.2) is 22.2 Å². The molecule has 1 aromatic heterocycles. The van der Waals surface area contributed by atoms with E-state index in [2.05, 4.69) is 0 Å². The summed E-state index contributed by atoms with van der Waals surface area (Å²) in [6.45, 7) is 0. The fraction of sp³-hybridized carbons (Fsp3) is 0.111. The third kappa shape index (κ3) is 2.46. The van der Waals surface area contributed by atoms with Crippen molar-refractivity contribution < 1.29 is 24.2 Å². The van der Waals surface area contributed by atoms with Gasteiger partial charge in [-0.25, -0.2) is 0 Å². The summed E-state index contributed by atoms with van der Waals surface area (Å²) < 4.78 is 5.71. The fourth-order valence-corrected chi connectivity index (χ4v) is 2.78. The average molecular weight is 310 g/mol. The summed E-state index contributed by atoms with van der Waals surface area (Å²) in [6, 6.07) is 17.0. The highest BCUT2D eigenvalue weighted by Crippen LogP contribution is 2.39. The van der Waals surface area contributed by atoms with Crippen LogP contribution in [0.15, 0.2) is 65.1 Å². The minimum Gasteiger partial charge on any atom is -0.481 e. The molecule has 0 spiro atoms. The Hall–Kier alpha value is -3.08. The van der Waals surface area contributed by atoms with Crippen molar-refractivity contribution in [1.29, 1.82) is 0 Å². The van der Waals surface area contributed by atoms with Gasteiger partial charge in [0.2, 0.25) is 0 Å². The molecule has 2 aromatic carbocycles. The molecule has 1 unspecified atom stereocenters. The maximum Gasteiger partial charge on any atom is 0.322 e. The molecule has 0 saturated heterocycles. The highest BCUT2D eigenvalue weighted by Gasteiger charge is 2.47. The molecule has 0 aliphatic carbocycles. The van der Waals surface area contributed by atoms with Gasteiger partial charge in [0.1, 0.15) is 11.3 Å². The van der Waals surface area contributed by atoms with Gasteiger partial charge in [0.05, 0.1) is 6.42 Å². The van der Waals surface area contributed by atoms with E-state index in [4.69, 9.17) is 4.42 Å². The van der Waals surface area contributed by atoms with Crippen LogP contribution in [0.25, 0.3) is 11.0 Å². The monoisotopic (exact) mass is 310 g/mol. The first-order valence-corrected chi connectivity index (χ1v) is 7.04. The molecule has 1 atom stereocenters. The lowest BCUT2D eigenvalue weighted by molar-refractivity contribution is -0.149. The van der Waals surface area contributed by atoms with Crippen LogP contribution in [-0.2, 0) is 15.0 Å². The van der Waals surface area contributed by atoms with E-state index in [9.17, 15) is 19.8 Å². The van der Waals surface area contributed by atoms with Crippen molar-refractivity contribution in [3.63, 3.8) is 0 Å². The molecule has 0 radical (unpaired) electrons. The van der Waals surface area contributed by atoms with Gasteiger partial charge in [-0.3, -0.25) is 9.59 Å². The summed E-state index contributed by atoms with van der Waals surface area (Å²) in [4.78, 5) is 23.5. The quantitative estimate of drug-likeness (QED) is 0.755. The number of benzene rings is 2. The lowest BCUT2D eigenvalue weighted by atomic mass is 9.75. The second-order valence-electron chi connectivity index (χ2n) is 5.30. The number of furan rings is 1. The first-order chi connectivity index (χ1) is 11.0. The molecule has 0 bridgehead atoms. The molecule has 2 N–H and O–H groups in total. The van der Waals surface area contributed by atoms with Gasteiger partial charge in [-0.2, -0.15) is 0 Å². The Morgan fingerprint density at radius 2 is 1.61 bits per heavy atom. The number of carbonyl (C=O) groups is 2. The Morgan fingerprint density at radius 1 is 0.957 bits per heavy atom. The molecule has 0 fully saturated rings. The van der Waals surface area contributed by atoms with Crippen molar-refractivity contribution >= 4 is 22.9 Å². The van der Waals surface area contributed by atoms with Crippen LogP contribution in [0.1, 0.15) is 17.7 Å². The van der Waals surface area contributed by atoms with Crippen molar-refractivity contribution in [2.75, 3.05) is 0 Å². The van der Waals surface area contributed by atoms with Crippen LogP contribution in [0.4, 0.5) is 0 Å². The van der Waals surface area contributed by atoms with Crippen LogP contribution >= 0.6 is 0 Å². The smallest absolute Gasteiger partial charge is 0.322 e. The van der Waals surface area contributed by atoms with Crippen molar-refractivity contribution in [2.24, 2.45) is 0 Å². The standard InChI is InChI=1S/C18H14O5/c19-16(20)11-18(17(21)22,13-7-2-1-3-8-13)15-10-12-6-4-5-9-14(12)23-15/h1-10H,11H2,(H,19,20)(H,21,22). The fourth-order valence-electron chi connectivity index (χ4n) is 2.78. The summed E-state index contributed by atoms with van der Waals surface area (Å²) in [7, 11) is 0. The van der Waals surface area contributed by atoms with Gasteiger partial charge in [0.25, 0.3) is 0 Å². The molecule has 0 amide bonds. The number of fused-ring (bicyclic) bond motifs is 1. The SMILES string of the molecule is O=C(O)CC(C(=O)O)(c1ccccc1)c1cc2ccccc2o1. The minimum absolute atomic E-state index is 0.111. The first-order valence-electron chi connectivity index (χ1n) is 7.04. The zero-order chi connectivity index (χ0) is 16.4. The minimum atomic E-state index is -1.77. The number of aliphatic carboxylic acids is 2. The van der Waals surface area contributed by atoms with E-state index in [1.54, 1.807) is 54.6 Å². The Kier molecular flexibility index (Phi) is 3.62. The third-order valence-electron chi connectivity index (χ3n) is 3.89. The summed E-state index contributed by atoms with van der Waals surface area (Å²) in [5, 5.41) is 19.9.